The Hall–Kier alpha value is -3.57. The van der Waals surface area contributed by atoms with Crippen LogP contribution in [0.1, 0.15) is 51.8 Å². The van der Waals surface area contributed by atoms with Crippen molar-refractivity contribution in [2.75, 3.05) is 6.54 Å². The Bertz CT molecular complexity index is 1920. The van der Waals surface area contributed by atoms with E-state index in [-0.39, 0.29) is 42.6 Å². The van der Waals surface area contributed by atoms with E-state index in [0.29, 0.717) is 24.5 Å². The highest BCUT2D eigenvalue weighted by Gasteiger charge is 2.46. The topological polar surface area (TPSA) is 144 Å². The zero-order valence-corrected chi connectivity index (χ0v) is 30.6. The van der Waals surface area contributed by atoms with Crippen LogP contribution in [-0.2, 0) is 0 Å². The van der Waals surface area contributed by atoms with E-state index >= 15 is 0 Å². The van der Waals surface area contributed by atoms with Gasteiger partial charge in [0, 0.05) is 45.6 Å². The van der Waals surface area contributed by atoms with Crippen LogP contribution >= 0.6 is 79.6 Å². The van der Waals surface area contributed by atoms with Crippen LogP contribution in [0.15, 0.2) is 95.2 Å². The number of Topliss-reactive ketones (excluding diaryl/α,β-unsaturated/α-hetero) is 1. The summed E-state index contributed by atoms with van der Waals surface area (Å²) in [6, 6.07) is 16.5. The molecule has 11 nitrogen and oxygen atoms in total. The quantitative estimate of drug-likeness (QED) is 0.0252. The number of ether oxygens (including phenoxy) is 1. The molecule has 232 valence electrons. The number of halogens is 5. The molecule has 0 atom stereocenters. The Kier molecular flexibility index (Phi) is 10.0. The minimum absolute atomic E-state index is 0.0576. The average Bonchev–Trinajstić information content (AvgIpc) is 3.31. The summed E-state index contributed by atoms with van der Waals surface area (Å²) in [5.41, 5.74) is -0.138. The molecule has 0 aromatic heterocycles. The number of carbonyl (C=O) groups excluding carboxylic acids is 5. The van der Waals surface area contributed by atoms with Gasteiger partial charge in [0.2, 0.25) is 0 Å². The number of nitro groups is 1. The smallest absolute Gasteiger partial charge is 0.343 e. The molecule has 0 spiro atoms. The Balaban J connectivity index is 1.46. The molecule has 46 heavy (non-hydrogen) atoms. The van der Waals surface area contributed by atoms with Gasteiger partial charge in [-0.15, -0.1) is 0 Å². The molecular formula is C30H14Br5N3O8. The van der Waals surface area contributed by atoms with Gasteiger partial charge in [0.15, 0.2) is 5.78 Å². The van der Waals surface area contributed by atoms with Crippen molar-refractivity contribution < 1.29 is 33.6 Å². The molecule has 0 saturated carbocycles. The number of hydrogen-bond donors (Lipinski definition) is 0. The Morgan fingerprint density at radius 3 is 1.67 bits per heavy atom. The number of hydrogen-bond acceptors (Lipinski definition) is 8. The van der Waals surface area contributed by atoms with Gasteiger partial charge in [-0.25, -0.2) is 9.80 Å². The summed E-state index contributed by atoms with van der Waals surface area (Å²) in [6.45, 7) is -0.767. The third-order valence-corrected chi connectivity index (χ3v) is 11.9. The highest BCUT2D eigenvalue weighted by molar-refractivity contribution is 9.15. The van der Waals surface area contributed by atoms with Crippen LogP contribution in [0.3, 0.4) is 0 Å². The molecule has 4 aromatic carbocycles. The van der Waals surface area contributed by atoms with Gasteiger partial charge in [0.25, 0.3) is 23.4 Å². The molecule has 0 aliphatic carbocycles. The molecular weight excluding hydrogens is 930 g/mol. The molecule has 5 rings (SSSR count). The summed E-state index contributed by atoms with van der Waals surface area (Å²) >= 11 is 16.6. The summed E-state index contributed by atoms with van der Waals surface area (Å²) in [6.07, 6.45) is 0. The summed E-state index contributed by atoms with van der Waals surface area (Å²) in [7, 11) is 0. The molecule has 4 aromatic rings. The highest BCUT2D eigenvalue weighted by Crippen LogP contribution is 2.45. The molecule has 0 N–H and O–H groups in total. The second-order valence-electron chi connectivity index (χ2n) is 9.44. The van der Waals surface area contributed by atoms with Crippen molar-refractivity contribution in [3.63, 3.8) is 0 Å². The predicted octanol–water partition coefficient (Wildman–Crippen LogP) is 8.16. The third-order valence-electron chi connectivity index (χ3n) is 6.64. The Labute approximate surface area is 301 Å². The van der Waals surface area contributed by atoms with Gasteiger partial charge in [0.05, 0.1) is 21.6 Å². The van der Waals surface area contributed by atoms with E-state index in [0.717, 1.165) is 28.7 Å². The fourth-order valence-electron chi connectivity index (χ4n) is 4.35. The summed E-state index contributed by atoms with van der Waals surface area (Å²) in [5, 5.41) is 12.4. The number of benzene rings is 4. The third kappa shape index (κ3) is 6.49. The second-order valence-corrected chi connectivity index (χ2v) is 13.5. The van der Waals surface area contributed by atoms with Crippen molar-refractivity contribution in [1.82, 2.24) is 10.0 Å². The normalized spacial score (nSPS) is 12.2. The van der Waals surface area contributed by atoms with Crippen molar-refractivity contribution in [3.05, 3.63) is 133 Å². The number of carbonyl (C=O) groups is 5. The summed E-state index contributed by atoms with van der Waals surface area (Å²) in [5.74, 6) is -3.86. The van der Waals surface area contributed by atoms with Crippen LogP contribution in [0.2, 0.25) is 0 Å². The first-order valence-electron chi connectivity index (χ1n) is 12.7. The molecule has 0 fully saturated rings. The van der Waals surface area contributed by atoms with Gasteiger partial charge >= 0.3 is 5.97 Å². The molecule has 16 heteroatoms. The summed E-state index contributed by atoms with van der Waals surface area (Å²) in [4.78, 5) is 77.8. The number of amides is 3. The Morgan fingerprint density at radius 2 is 1.17 bits per heavy atom. The molecule has 1 heterocycles. The average molecular weight is 944 g/mol. The monoisotopic (exact) mass is 939 g/mol. The number of hydrazine groups is 1. The van der Waals surface area contributed by atoms with Gasteiger partial charge in [-0.05, 0) is 124 Å². The van der Waals surface area contributed by atoms with Crippen LogP contribution in [0.5, 0.6) is 5.75 Å². The van der Waals surface area contributed by atoms with Crippen LogP contribution < -0.4 is 4.74 Å². The van der Waals surface area contributed by atoms with E-state index in [1.54, 1.807) is 24.3 Å². The lowest BCUT2D eigenvalue weighted by atomic mass is 10.1. The molecule has 0 bridgehead atoms. The lowest BCUT2D eigenvalue weighted by Gasteiger charge is -2.29. The largest absolute Gasteiger partial charge is 0.423 e. The number of non-ortho nitro benzene ring substituents is 1. The first-order valence-corrected chi connectivity index (χ1v) is 16.7. The van der Waals surface area contributed by atoms with Gasteiger partial charge in [0.1, 0.15) is 12.3 Å². The lowest BCUT2D eigenvalue weighted by molar-refractivity contribution is -0.384. The van der Waals surface area contributed by atoms with Crippen molar-refractivity contribution in [1.29, 1.82) is 0 Å². The number of nitrogens with zero attached hydrogens (tertiary/aromatic N) is 3. The van der Waals surface area contributed by atoms with Gasteiger partial charge in [-0.2, -0.15) is 5.01 Å². The van der Waals surface area contributed by atoms with Crippen LogP contribution in [0.25, 0.3) is 0 Å². The first-order chi connectivity index (χ1) is 21.8. The van der Waals surface area contributed by atoms with Gasteiger partial charge in [-0.1, -0.05) is 15.9 Å². The van der Waals surface area contributed by atoms with Crippen LogP contribution in [0, 0.1) is 10.1 Å². The number of ketones is 1. The molecule has 1 aliphatic rings. The van der Waals surface area contributed by atoms with Gasteiger partial charge < -0.3 is 4.74 Å². The molecule has 0 saturated heterocycles. The first kappa shape index (κ1) is 33.8. The second kappa shape index (κ2) is 13.7. The maximum absolute atomic E-state index is 13.8. The standard InChI is InChI=1S/C30H14Br5N3O8/c31-17-7-1-16(2-8-17)30(43)46-19-11-5-14(6-12-19)20(39)13-36(27(40)15-3-9-18(10-4-15)38(44)45)37-28(41)21-22(29(37)42)24(33)26(35)25(34)23(21)32/h1-12H,13H2. The predicted molar refractivity (Wildman–Crippen MR) is 182 cm³/mol. The number of esters is 1. The van der Waals surface area contributed by atoms with Crippen LogP contribution in [-0.4, -0.2) is 51.0 Å². The highest BCUT2D eigenvalue weighted by atomic mass is 79.9. The Morgan fingerprint density at radius 1 is 0.696 bits per heavy atom. The van der Waals surface area contributed by atoms with E-state index in [9.17, 15) is 34.1 Å². The van der Waals surface area contributed by atoms with Crippen LogP contribution in [0.4, 0.5) is 5.69 Å². The van der Waals surface area contributed by atoms with Crippen molar-refractivity contribution in [3.8, 4) is 5.75 Å². The van der Waals surface area contributed by atoms with Crippen molar-refractivity contribution in [2.45, 2.75) is 0 Å². The number of nitro benzene ring substituents is 1. The molecule has 1 aliphatic heterocycles. The van der Waals surface area contributed by atoms with E-state index in [1.165, 1.54) is 24.3 Å². The van der Waals surface area contributed by atoms with E-state index < -0.39 is 40.9 Å². The maximum atomic E-state index is 13.8. The fourth-order valence-corrected chi connectivity index (χ4v) is 7.07. The molecule has 3 amide bonds. The molecule has 0 radical (unpaired) electrons. The van der Waals surface area contributed by atoms with Crippen molar-refractivity contribution in [2.24, 2.45) is 0 Å². The van der Waals surface area contributed by atoms with E-state index in [2.05, 4.69) is 79.6 Å². The van der Waals surface area contributed by atoms with Crippen molar-refractivity contribution >= 4 is 115 Å². The molecule has 0 unspecified atom stereocenters. The van der Waals surface area contributed by atoms with Gasteiger partial charge in [-0.3, -0.25) is 29.3 Å². The number of rotatable bonds is 8. The number of imide groups is 1. The zero-order valence-electron chi connectivity index (χ0n) is 22.6. The minimum atomic E-state index is -0.942. The van der Waals surface area contributed by atoms with E-state index in [1.807, 2.05) is 0 Å². The summed E-state index contributed by atoms with van der Waals surface area (Å²) < 4.78 is 7.48. The lowest BCUT2D eigenvalue weighted by Crippen LogP contribution is -2.51. The number of fused-ring (bicyclic) bond motifs is 1. The minimum Gasteiger partial charge on any atom is -0.423 e. The fraction of sp³-hybridized carbons (Fsp3) is 0.0333. The SMILES string of the molecule is O=C(CN(C(=O)c1ccc([N+](=O)[O-])cc1)N1C(=O)c2c(Br)c(Br)c(Br)c(Br)c2C1=O)c1ccc(OC(=O)c2ccc(Br)cc2)cc1. The maximum Gasteiger partial charge on any atom is 0.343 e. The van der Waals surface area contributed by atoms with E-state index in [4.69, 9.17) is 4.74 Å². The zero-order chi connectivity index (χ0) is 33.4.